The van der Waals surface area contributed by atoms with Crippen LogP contribution in [0.15, 0.2) is 42.5 Å². The minimum atomic E-state index is -0.158. The highest BCUT2D eigenvalue weighted by atomic mass is 16.5. The fourth-order valence-electron chi connectivity index (χ4n) is 2.45. The van der Waals surface area contributed by atoms with Crippen LogP contribution in [0.4, 0.5) is 5.69 Å². The Labute approximate surface area is 154 Å². The van der Waals surface area contributed by atoms with Crippen molar-refractivity contribution in [3.8, 4) is 11.5 Å². The van der Waals surface area contributed by atoms with E-state index in [0.29, 0.717) is 29.8 Å². The molecule has 5 nitrogen and oxygen atoms in total. The number of carbonyl (C=O) groups is 2. The molecule has 0 saturated heterocycles. The van der Waals surface area contributed by atoms with Crippen molar-refractivity contribution in [1.29, 1.82) is 0 Å². The quantitative estimate of drug-likeness (QED) is 0.724. The van der Waals surface area contributed by atoms with Crippen molar-refractivity contribution in [2.24, 2.45) is 5.92 Å². The van der Waals surface area contributed by atoms with E-state index < -0.39 is 0 Å². The second kappa shape index (κ2) is 9.04. The molecule has 2 aromatic rings. The molecule has 138 valence electrons. The molecule has 26 heavy (non-hydrogen) atoms. The van der Waals surface area contributed by atoms with Gasteiger partial charge in [-0.2, -0.15) is 0 Å². The zero-order chi connectivity index (χ0) is 19.1. The maximum absolute atomic E-state index is 12.5. The molecule has 1 amide bonds. The van der Waals surface area contributed by atoms with Gasteiger partial charge in [-0.25, -0.2) is 0 Å². The lowest BCUT2D eigenvalue weighted by molar-refractivity contribution is -0.118. The lowest BCUT2D eigenvalue weighted by Crippen LogP contribution is -2.18. The van der Waals surface area contributed by atoms with Gasteiger partial charge in [-0.3, -0.25) is 9.59 Å². The van der Waals surface area contributed by atoms with Gasteiger partial charge in [0, 0.05) is 17.9 Å². The minimum Gasteiger partial charge on any atom is -0.497 e. The van der Waals surface area contributed by atoms with E-state index in [1.165, 1.54) is 7.11 Å². The third-order valence-corrected chi connectivity index (χ3v) is 4.10. The molecular weight excluding hydrogens is 330 g/mol. The van der Waals surface area contributed by atoms with Gasteiger partial charge in [-0.15, -0.1) is 0 Å². The van der Waals surface area contributed by atoms with Gasteiger partial charge in [-0.05, 0) is 42.3 Å². The average molecular weight is 355 g/mol. The van der Waals surface area contributed by atoms with Crippen LogP contribution in [0, 0.1) is 5.92 Å². The number of nitrogens with one attached hydrogen (secondary N) is 1. The second-order valence-corrected chi connectivity index (χ2v) is 6.33. The number of ether oxygens (including phenoxy) is 2. The zero-order valence-corrected chi connectivity index (χ0v) is 15.7. The summed E-state index contributed by atoms with van der Waals surface area (Å²) in [7, 11) is 3.16. The Morgan fingerprint density at radius 2 is 1.69 bits per heavy atom. The van der Waals surface area contributed by atoms with Crippen LogP contribution in [0.3, 0.4) is 0 Å². The third-order valence-electron chi connectivity index (χ3n) is 4.10. The molecule has 0 radical (unpaired) electrons. The average Bonchev–Trinajstić information content (AvgIpc) is 2.66. The summed E-state index contributed by atoms with van der Waals surface area (Å²) < 4.78 is 10.4. The fourth-order valence-corrected chi connectivity index (χ4v) is 2.45. The van der Waals surface area contributed by atoms with Crippen LogP contribution < -0.4 is 14.8 Å². The van der Waals surface area contributed by atoms with Crippen LogP contribution >= 0.6 is 0 Å². The molecule has 0 heterocycles. The van der Waals surface area contributed by atoms with Crippen molar-refractivity contribution in [2.75, 3.05) is 19.5 Å². The number of rotatable bonds is 8. The molecule has 2 rings (SSSR count). The largest absolute Gasteiger partial charge is 0.497 e. The Bertz CT molecular complexity index is 766. The number of anilines is 1. The van der Waals surface area contributed by atoms with Crippen LogP contribution in [0.1, 0.15) is 36.2 Å². The molecule has 0 aliphatic rings. The minimum absolute atomic E-state index is 0.0171. The van der Waals surface area contributed by atoms with Gasteiger partial charge in [0.25, 0.3) is 0 Å². The van der Waals surface area contributed by atoms with Crippen molar-refractivity contribution in [3.05, 3.63) is 53.6 Å². The van der Waals surface area contributed by atoms with E-state index in [4.69, 9.17) is 9.47 Å². The molecule has 0 saturated carbocycles. The van der Waals surface area contributed by atoms with Gasteiger partial charge >= 0.3 is 0 Å². The summed E-state index contributed by atoms with van der Waals surface area (Å²) in [4.78, 5) is 24.5. The number of benzene rings is 2. The van der Waals surface area contributed by atoms with Crippen molar-refractivity contribution in [1.82, 2.24) is 0 Å². The summed E-state index contributed by atoms with van der Waals surface area (Å²) in [5.41, 5.74) is 2.14. The number of carbonyl (C=O) groups excluding carboxylic acids is 2. The number of hydrogen-bond acceptors (Lipinski definition) is 4. The van der Waals surface area contributed by atoms with Crippen LogP contribution in [-0.4, -0.2) is 25.9 Å². The molecule has 1 N–H and O–H groups in total. The molecule has 0 fully saturated rings. The molecule has 0 aromatic heterocycles. The van der Waals surface area contributed by atoms with Crippen molar-refractivity contribution in [2.45, 2.75) is 26.7 Å². The summed E-state index contributed by atoms with van der Waals surface area (Å²) in [6.07, 6.45) is 1.03. The SMILES string of the molecule is COc1ccc(CCC(=O)c2ccc(OC)c(NC(=O)C(C)C)c2)cc1. The first-order valence-corrected chi connectivity index (χ1v) is 8.59. The van der Waals surface area contributed by atoms with Crippen LogP contribution in [0.2, 0.25) is 0 Å². The van der Waals surface area contributed by atoms with Gasteiger partial charge < -0.3 is 14.8 Å². The predicted molar refractivity (Wildman–Crippen MR) is 102 cm³/mol. The highest BCUT2D eigenvalue weighted by Gasteiger charge is 2.14. The normalized spacial score (nSPS) is 10.5. The van der Waals surface area contributed by atoms with Crippen LogP contribution in [0.5, 0.6) is 11.5 Å². The molecule has 0 atom stereocenters. The summed E-state index contributed by atoms with van der Waals surface area (Å²) in [6, 6.07) is 12.8. The number of hydrogen-bond donors (Lipinski definition) is 1. The zero-order valence-electron chi connectivity index (χ0n) is 15.7. The highest BCUT2D eigenvalue weighted by molar-refractivity contribution is 5.99. The summed E-state index contributed by atoms with van der Waals surface area (Å²) in [6.45, 7) is 3.62. The molecule has 0 aliphatic carbocycles. The fraction of sp³-hybridized carbons (Fsp3) is 0.333. The van der Waals surface area contributed by atoms with Gasteiger partial charge in [0.15, 0.2) is 5.78 Å². The maximum Gasteiger partial charge on any atom is 0.227 e. The van der Waals surface area contributed by atoms with Crippen molar-refractivity contribution < 1.29 is 19.1 Å². The van der Waals surface area contributed by atoms with E-state index in [0.717, 1.165) is 11.3 Å². The third kappa shape index (κ3) is 5.09. The second-order valence-electron chi connectivity index (χ2n) is 6.33. The van der Waals surface area contributed by atoms with Crippen LogP contribution in [-0.2, 0) is 11.2 Å². The molecular formula is C21H25NO4. The van der Waals surface area contributed by atoms with E-state index in [1.54, 1.807) is 25.3 Å². The lowest BCUT2D eigenvalue weighted by atomic mass is 10.0. The smallest absolute Gasteiger partial charge is 0.227 e. The summed E-state index contributed by atoms with van der Waals surface area (Å²) in [5.74, 6) is 1.07. The topological polar surface area (TPSA) is 64.6 Å². The molecule has 0 spiro atoms. The molecule has 0 bridgehead atoms. The van der Waals surface area contributed by atoms with Crippen molar-refractivity contribution in [3.63, 3.8) is 0 Å². The van der Waals surface area contributed by atoms with E-state index in [9.17, 15) is 9.59 Å². The lowest BCUT2D eigenvalue weighted by Gasteiger charge is -2.13. The number of ketones is 1. The maximum atomic E-state index is 12.5. The Hall–Kier alpha value is -2.82. The van der Waals surface area contributed by atoms with Crippen molar-refractivity contribution >= 4 is 17.4 Å². The van der Waals surface area contributed by atoms with Gasteiger partial charge in [0.1, 0.15) is 11.5 Å². The molecule has 0 aliphatic heterocycles. The Morgan fingerprint density at radius 1 is 1.00 bits per heavy atom. The Balaban J connectivity index is 2.08. The summed E-state index contributed by atoms with van der Waals surface area (Å²) in [5, 5.41) is 2.81. The van der Waals surface area contributed by atoms with Crippen LogP contribution in [0.25, 0.3) is 0 Å². The molecule has 0 unspecified atom stereocenters. The molecule has 2 aromatic carbocycles. The van der Waals surface area contributed by atoms with E-state index in [2.05, 4.69) is 5.32 Å². The highest BCUT2D eigenvalue weighted by Crippen LogP contribution is 2.27. The molecule has 5 heteroatoms. The Morgan fingerprint density at radius 3 is 2.27 bits per heavy atom. The number of Topliss-reactive ketones (excluding diaryl/α,β-unsaturated/α-hetero) is 1. The standard InChI is InChI=1S/C21H25NO4/c1-14(2)21(24)22-18-13-16(8-12-20(18)26-4)19(23)11-7-15-5-9-17(25-3)10-6-15/h5-6,8-10,12-14H,7,11H2,1-4H3,(H,22,24). The van der Waals surface area contributed by atoms with E-state index in [1.807, 2.05) is 38.1 Å². The first-order chi connectivity index (χ1) is 12.4. The monoisotopic (exact) mass is 355 g/mol. The number of amides is 1. The predicted octanol–water partition coefficient (Wildman–Crippen LogP) is 4.11. The summed E-state index contributed by atoms with van der Waals surface area (Å²) >= 11 is 0. The van der Waals surface area contributed by atoms with Gasteiger partial charge in [0.2, 0.25) is 5.91 Å². The van der Waals surface area contributed by atoms with E-state index >= 15 is 0 Å². The first-order valence-electron chi connectivity index (χ1n) is 8.59. The van der Waals surface area contributed by atoms with Gasteiger partial charge in [-0.1, -0.05) is 26.0 Å². The Kier molecular flexibility index (Phi) is 6.78. The first kappa shape index (κ1) is 19.5. The number of aryl methyl sites for hydroxylation is 1. The van der Waals surface area contributed by atoms with E-state index in [-0.39, 0.29) is 17.6 Å². The number of methoxy groups -OCH3 is 2. The van der Waals surface area contributed by atoms with Gasteiger partial charge in [0.05, 0.1) is 19.9 Å².